The second-order valence-corrected chi connectivity index (χ2v) is 3.17. The monoisotopic (exact) mass is 186 g/mol. The first-order valence-electron chi connectivity index (χ1n) is 3.09. The average Bonchev–Trinajstić information content (AvgIpc) is 1.97. The molecular formula is C8H7ClOS. The number of hydrogen-bond acceptors (Lipinski definition) is 2. The molecule has 1 nitrogen and oxygen atoms in total. The Morgan fingerprint density at radius 3 is 2.73 bits per heavy atom. The molecule has 0 heterocycles. The molecular weight excluding hydrogens is 180 g/mol. The Kier molecular flexibility index (Phi) is 2.58. The number of aryl methyl sites for hydroxylation is 1. The van der Waals surface area contributed by atoms with E-state index >= 15 is 0 Å². The van der Waals surface area contributed by atoms with Gasteiger partial charge in [-0.2, -0.15) is 0 Å². The van der Waals surface area contributed by atoms with E-state index in [9.17, 15) is 4.79 Å². The zero-order chi connectivity index (χ0) is 8.43. The normalized spacial score (nSPS) is 9.73. The van der Waals surface area contributed by atoms with Gasteiger partial charge in [0.2, 0.25) is 0 Å². The lowest BCUT2D eigenvalue weighted by Crippen LogP contribution is -1.85. The Labute approximate surface area is 75.8 Å². The second kappa shape index (κ2) is 3.28. The Hall–Kier alpha value is -0.470. The van der Waals surface area contributed by atoms with Crippen LogP contribution in [-0.2, 0) is 0 Å². The third-order valence-corrected chi connectivity index (χ3v) is 2.25. The summed E-state index contributed by atoms with van der Waals surface area (Å²) < 4.78 is 0. The smallest absolute Gasteiger partial charge is 0.151 e. The highest BCUT2D eigenvalue weighted by Gasteiger charge is 2.01. The van der Waals surface area contributed by atoms with Crippen molar-refractivity contribution in [1.29, 1.82) is 0 Å². The van der Waals surface area contributed by atoms with Crippen molar-refractivity contribution >= 4 is 30.5 Å². The molecule has 0 atom stereocenters. The van der Waals surface area contributed by atoms with Crippen molar-refractivity contribution in [2.45, 2.75) is 11.8 Å². The topological polar surface area (TPSA) is 17.1 Å². The van der Waals surface area contributed by atoms with Crippen molar-refractivity contribution < 1.29 is 4.79 Å². The van der Waals surface area contributed by atoms with E-state index in [2.05, 4.69) is 12.6 Å². The van der Waals surface area contributed by atoms with Crippen molar-refractivity contribution in [3.05, 3.63) is 28.3 Å². The first-order valence-corrected chi connectivity index (χ1v) is 3.92. The largest absolute Gasteiger partial charge is 0.298 e. The van der Waals surface area contributed by atoms with E-state index in [0.717, 1.165) is 16.7 Å². The molecule has 0 spiro atoms. The summed E-state index contributed by atoms with van der Waals surface area (Å²) in [7, 11) is 0. The molecule has 0 unspecified atom stereocenters. The van der Waals surface area contributed by atoms with Crippen LogP contribution >= 0.6 is 24.2 Å². The van der Waals surface area contributed by atoms with E-state index in [-0.39, 0.29) is 0 Å². The number of thiol groups is 1. The fraction of sp³-hybridized carbons (Fsp3) is 0.125. The van der Waals surface area contributed by atoms with E-state index in [4.69, 9.17) is 11.6 Å². The van der Waals surface area contributed by atoms with Gasteiger partial charge in [-0.05, 0) is 24.6 Å². The molecule has 1 aromatic rings. The molecule has 0 aliphatic rings. The van der Waals surface area contributed by atoms with Crippen molar-refractivity contribution in [1.82, 2.24) is 0 Å². The van der Waals surface area contributed by atoms with Gasteiger partial charge in [0.15, 0.2) is 6.29 Å². The van der Waals surface area contributed by atoms with E-state index < -0.39 is 0 Å². The fourth-order valence-corrected chi connectivity index (χ4v) is 1.26. The first-order chi connectivity index (χ1) is 5.15. The van der Waals surface area contributed by atoms with Crippen LogP contribution in [-0.4, -0.2) is 6.29 Å². The van der Waals surface area contributed by atoms with Crippen LogP contribution in [0.3, 0.4) is 0 Å². The van der Waals surface area contributed by atoms with Gasteiger partial charge in [0.25, 0.3) is 0 Å². The fourth-order valence-electron chi connectivity index (χ4n) is 0.784. The summed E-state index contributed by atoms with van der Waals surface area (Å²) in [5, 5.41) is 0.454. The van der Waals surface area contributed by atoms with Gasteiger partial charge >= 0.3 is 0 Å². The minimum atomic E-state index is 0.454. The number of aldehydes is 1. The quantitative estimate of drug-likeness (QED) is 0.527. The molecule has 3 heteroatoms. The summed E-state index contributed by atoms with van der Waals surface area (Å²) >= 11 is 9.87. The Morgan fingerprint density at radius 1 is 1.55 bits per heavy atom. The molecule has 0 radical (unpaired) electrons. The third kappa shape index (κ3) is 1.76. The van der Waals surface area contributed by atoms with Crippen LogP contribution in [0.15, 0.2) is 17.0 Å². The summed E-state index contributed by atoms with van der Waals surface area (Å²) in [6.07, 6.45) is 0.739. The van der Waals surface area contributed by atoms with Gasteiger partial charge in [-0.25, -0.2) is 0 Å². The molecule has 0 saturated heterocycles. The summed E-state index contributed by atoms with van der Waals surface area (Å²) in [5.41, 5.74) is 1.47. The van der Waals surface area contributed by atoms with E-state index in [1.54, 1.807) is 12.1 Å². The van der Waals surface area contributed by atoms with Gasteiger partial charge in [0, 0.05) is 10.5 Å². The number of carbonyl (C=O) groups excluding carboxylic acids is 1. The van der Waals surface area contributed by atoms with Crippen molar-refractivity contribution in [2.24, 2.45) is 0 Å². The Bertz CT molecular complexity index is 296. The molecule has 0 fully saturated rings. The standard InChI is InChI=1S/C8H7ClOS/c1-5-2-6(4-10)7(9)3-8(5)11/h2-4,11H,1H3. The summed E-state index contributed by atoms with van der Waals surface area (Å²) in [5.74, 6) is 0. The lowest BCUT2D eigenvalue weighted by atomic mass is 10.1. The highest BCUT2D eigenvalue weighted by molar-refractivity contribution is 7.80. The highest BCUT2D eigenvalue weighted by atomic mass is 35.5. The van der Waals surface area contributed by atoms with E-state index in [1.807, 2.05) is 6.92 Å². The highest BCUT2D eigenvalue weighted by Crippen LogP contribution is 2.22. The lowest BCUT2D eigenvalue weighted by molar-refractivity contribution is 0.112. The Morgan fingerprint density at radius 2 is 2.18 bits per heavy atom. The van der Waals surface area contributed by atoms with Gasteiger partial charge in [-0.3, -0.25) is 4.79 Å². The maximum absolute atomic E-state index is 10.4. The van der Waals surface area contributed by atoms with Crippen LogP contribution < -0.4 is 0 Å². The minimum absolute atomic E-state index is 0.454. The SMILES string of the molecule is Cc1cc(C=O)c(Cl)cc1S. The van der Waals surface area contributed by atoms with Crippen molar-refractivity contribution in [3.8, 4) is 0 Å². The second-order valence-electron chi connectivity index (χ2n) is 2.28. The molecule has 11 heavy (non-hydrogen) atoms. The molecule has 58 valence electrons. The summed E-state index contributed by atoms with van der Waals surface area (Å²) in [6, 6.07) is 3.39. The number of halogens is 1. The van der Waals surface area contributed by atoms with Crippen LogP contribution in [0.5, 0.6) is 0 Å². The van der Waals surface area contributed by atoms with Crippen LogP contribution in [0.25, 0.3) is 0 Å². The molecule has 1 rings (SSSR count). The first kappa shape index (κ1) is 8.62. The predicted molar refractivity (Wildman–Crippen MR) is 48.8 cm³/mol. The number of benzene rings is 1. The third-order valence-electron chi connectivity index (χ3n) is 1.44. The zero-order valence-electron chi connectivity index (χ0n) is 5.97. The molecule has 0 N–H and O–H groups in total. The number of hydrogen-bond donors (Lipinski definition) is 1. The maximum atomic E-state index is 10.4. The molecule has 1 aromatic carbocycles. The van der Waals surface area contributed by atoms with Crippen LogP contribution in [0.1, 0.15) is 15.9 Å². The van der Waals surface area contributed by atoms with Crippen LogP contribution in [0, 0.1) is 6.92 Å². The zero-order valence-corrected chi connectivity index (χ0v) is 7.62. The van der Waals surface area contributed by atoms with Crippen LogP contribution in [0.2, 0.25) is 5.02 Å². The van der Waals surface area contributed by atoms with Gasteiger partial charge in [-0.15, -0.1) is 12.6 Å². The molecule has 0 saturated carbocycles. The van der Waals surface area contributed by atoms with Gasteiger partial charge in [0.05, 0.1) is 5.02 Å². The maximum Gasteiger partial charge on any atom is 0.151 e. The molecule has 0 aliphatic heterocycles. The molecule has 0 aromatic heterocycles. The van der Waals surface area contributed by atoms with Crippen molar-refractivity contribution in [3.63, 3.8) is 0 Å². The van der Waals surface area contributed by atoms with Gasteiger partial charge in [-0.1, -0.05) is 11.6 Å². The summed E-state index contributed by atoms with van der Waals surface area (Å²) in [6.45, 7) is 1.88. The molecule has 0 amide bonds. The predicted octanol–water partition coefficient (Wildman–Crippen LogP) is 2.75. The minimum Gasteiger partial charge on any atom is -0.298 e. The number of rotatable bonds is 1. The van der Waals surface area contributed by atoms with Crippen LogP contribution in [0.4, 0.5) is 0 Å². The number of carbonyl (C=O) groups is 1. The average molecular weight is 187 g/mol. The summed E-state index contributed by atoms with van der Waals surface area (Å²) in [4.78, 5) is 11.2. The van der Waals surface area contributed by atoms with E-state index in [1.165, 1.54) is 0 Å². The Balaban J connectivity index is 3.31. The van der Waals surface area contributed by atoms with Gasteiger partial charge < -0.3 is 0 Å². The lowest BCUT2D eigenvalue weighted by Gasteiger charge is -2.00. The molecule has 0 bridgehead atoms. The van der Waals surface area contributed by atoms with E-state index in [0.29, 0.717) is 10.6 Å². The van der Waals surface area contributed by atoms with Crippen molar-refractivity contribution in [2.75, 3.05) is 0 Å². The van der Waals surface area contributed by atoms with Gasteiger partial charge in [0.1, 0.15) is 0 Å². The molecule has 0 aliphatic carbocycles.